The van der Waals surface area contributed by atoms with Crippen molar-refractivity contribution in [2.24, 2.45) is 5.92 Å². The van der Waals surface area contributed by atoms with Gasteiger partial charge in [-0.2, -0.15) is 0 Å². The SMILES string of the molecule is Cc1ccc(Cl)cc1OC(CNC1CC1)C(C)C. The Bertz CT molecular complexity index is 401. The Kier molecular flexibility index (Phi) is 4.52. The summed E-state index contributed by atoms with van der Waals surface area (Å²) < 4.78 is 6.12. The van der Waals surface area contributed by atoms with Crippen LogP contribution >= 0.6 is 11.6 Å². The molecule has 3 heteroatoms. The molecule has 0 radical (unpaired) electrons. The molecule has 1 fully saturated rings. The standard InChI is InChI=1S/C15H22ClNO/c1-10(2)15(9-17-13-6-7-13)18-14-8-12(16)5-4-11(14)3/h4-5,8,10,13,15,17H,6-7,9H2,1-3H3. The van der Waals surface area contributed by atoms with Gasteiger partial charge in [-0.1, -0.05) is 31.5 Å². The van der Waals surface area contributed by atoms with Gasteiger partial charge < -0.3 is 10.1 Å². The second-order valence-electron chi connectivity index (χ2n) is 5.49. The van der Waals surface area contributed by atoms with Gasteiger partial charge in [0, 0.05) is 17.6 Å². The van der Waals surface area contributed by atoms with Crippen molar-refractivity contribution in [3.63, 3.8) is 0 Å². The fourth-order valence-electron chi connectivity index (χ4n) is 1.85. The van der Waals surface area contributed by atoms with Crippen molar-refractivity contribution in [3.05, 3.63) is 28.8 Å². The van der Waals surface area contributed by atoms with E-state index in [1.807, 2.05) is 18.2 Å². The quantitative estimate of drug-likeness (QED) is 0.846. The number of rotatable bonds is 6. The van der Waals surface area contributed by atoms with E-state index in [9.17, 15) is 0 Å². The van der Waals surface area contributed by atoms with E-state index < -0.39 is 0 Å². The second kappa shape index (κ2) is 5.94. The molecule has 0 aliphatic heterocycles. The number of ether oxygens (including phenoxy) is 1. The summed E-state index contributed by atoms with van der Waals surface area (Å²) in [6.07, 6.45) is 2.81. The average molecular weight is 268 g/mol. The third-order valence-corrected chi connectivity index (χ3v) is 3.59. The van der Waals surface area contributed by atoms with Crippen LogP contribution in [0.5, 0.6) is 5.75 Å². The summed E-state index contributed by atoms with van der Waals surface area (Å²) in [6.45, 7) is 7.35. The topological polar surface area (TPSA) is 21.3 Å². The molecule has 1 aliphatic rings. The van der Waals surface area contributed by atoms with Gasteiger partial charge in [0.2, 0.25) is 0 Å². The Morgan fingerprint density at radius 2 is 2.11 bits per heavy atom. The van der Waals surface area contributed by atoms with Crippen LogP contribution in [-0.4, -0.2) is 18.7 Å². The lowest BCUT2D eigenvalue weighted by Crippen LogP contribution is -2.36. The summed E-state index contributed by atoms with van der Waals surface area (Å²) in [5, 5.41) is 4.26. The molecule has 0 spiro atoms. The van der Waals surface area contributed by atoms with Crippen LogP contribution in [0.4, 0.5) is 0 Å². The van der Waals surface area contributed by atoms with E-state index >= 15 is 0 Å². The van der Waals surface area contributed by atoms with Gasteiger partial charge in [-0.15, -0.1) is 0 Å². The van der Waals surface area contributed by atoms with Gasteiger partial charge in [-0.3, -0.25) is 0 Å². The molecule has 2 nitrogen and oxygen atoms in total. The molecular formula is C15H22ClNO. The van der Waals surface area contributed by atoms with Crippen LogP contribution in [0.25, 0.3) is 0 Å². The van der Waals surface area contributed by atoms with E-state index in [-0.39, 0.29) is 6.10 Å². The molecule has 1 unspecified atom stereocenters. The van der Waals surface area contributed by atoms with Gasteiger partial charge in [-0.05, 0) is 43.4 Å². The maximum Gasteiger partial charge on any atom is 0.124 e. The minimum absolute atomic E-state index is 0.197. The van der Waals surface area contributed by atoms with Crippen LogP contribution in [0.2, 0.25) is 5.02 Å². The summed E-state index contributed by atoms with van der Waals surface area (Å²) in [4.78, 5) is 0. The lowest BCUT2D eigenvalue weighted by atomic mass is 10.1. The van der Waals surface area contributed by atoms with Crippen LogP contribution in [0.1, 0.15) is 32.3 Å². The summed E-state index contributed by atoms with van der Waals surface area (Å²) in [7, 11) is 0. The lowest BCUT2D eigenvalue weighted by molar-refractivity contribution is 0.147. The fourth-order valence-corrected chi connectivity index (χ4v) is 2.01. The number of nitrogens with one attached hydrogen (secondary N) is 1. The van der Waals surface area contributed by atoms with Crippen molar-refractivity contribution in [2.45, 2.75) is 45.8 Å². The first-order valence-corrected chi connectivity index (χ1v) is 7.10. The summed E-state index contributed by atoms with van der Waals surface area (Å²) in [5.74, 6) is 1.38. The maximum absolute atomic E-state index is 6.12. The van der Waals surface area contributed by atoms with Crippen LogP contribution in [0, 0.1) is 12.8 Å². The highest BCUT2D eigenvalue weighted by Crippen LogP contribution is 2.25. The van der Waals surface area contributed by atoms with Crippen LogP contribution < -0.4 is 10.1 Å². The Balaban J connectivity index is 1.99. The first-order chi connectivity index (χ1) is 8.56. The normalized spacial score (nSPS) is 16.9. The van der Waals surface area contributed by atoms with Gasteiger partial charge in [-0.25, -0.2) is 0 Å². The number of hydrogen-bond acceptors (Lipinski definition) is 2. The Morgan fingerprint density at radius 1 is 1.39 bits per heavy atom. The molecule has 0 bridgehead atoms. The lowest BCUT2D eigenvalue weighted by Gasteiger charge is -2.24. The van der Waals surface area contributed by atoms with Crippen molar-refractivity contribution in [3.8, 4) is 5.75 Å². The number of hydrogen-bond donors (Lipinski definition) is 1. The minimum atomic E-state index is 0.197. The smallest absolute Gasteiger partial charge is 0.124 e. The van der Waals surface area contributed by atoms with Gasteiger partial charge in [0.05, 0.1) is 0 Å². The van der Waals surface area contributed by atoms with Crippen molar-refractivity contribution >= 4 is 11.6 Å². The molecule has 0 saturated heterocycles. The Morgan fingerprint density at radius 3 is 2.72 bits per heavy atom. The molecular weight excluding hydrogens is 246 g/mol. The van der Waals surface area contributed by atoms with Gasteiger partial charge >= 0.3 is 0 Å². The maximum atomic E-state index is 6.12. The molecule has 1 saturated carbocycles. The van der Waals surface area contributed by atoms with E-state index in [2.05, 4.69) is 26.1 Å². The zero-order valence-corrected chi connectivity index (χ0v) is 12.1. The third kappa shape index (κ3) is 3.89. The highest BCUT2D eigenvalue weighted by molar-refractivity contribution is 6.30. The first kappa shape index (κ1) is 13.7. The summed E-state index contributed by atoms with van der Waals surface area (Å²) in [5.41, 5.74) is 1.14. The van der Waals surface area contributed by atoms with E-state index in [1.165, 1.54) is 12.8 Å². The molecule has 1 aliphatic carbocycles. The third-order valence-electron chi connectivity index (χ3n) is 3.36. The zero-order chi connectivity index (χ0) is 13.1. The monoisotopic (exact) mass is 267 g/mol. The number of benzene rings is 1. The van der Waals surface area contributed by atoms with Crippen molar-refractivity contribution in [1.82, 2.24) is 5.32 Å². The van der Waals surface area contributed by atoms with Gasteiger partial charge in [0.15, 0.2) is 0 Å². The molecule has 1 atom stereocenters. The predicted molar refractivity (Wildman–Crippen MR) is 76.5 cm³/mol. The number of halogens is 1. The highest BCUT2D eigenvalue weighted by atomic mass is 35.5. The molecule has 0 aromatic heterocycles. The predicted octanol–water partition coefficient (Wildman–Crippen LogP) is 3.80. The Hall–Kier alpha value is -0.730. The minimum Gasteiger partial charge on any atom is -0.489 e. The summed E-state index contributed by atoms with van der Waals surface area (Å²) >= 11 is 6.02. The van der Waals surface area contributed by atoms with Gasteiger partial charge in [0.25, 0.3) is 0 Å². The molecule has 1 aromatic rings. The average Bonchev–Trinajstić information content (AvgIpc) is 3.12. The molecule has 18 heavy (non-hydrogen) atoms. The van der Waals surface area contributed by atoms with Crippen LogP contribution in [0.15, 0.2) is 18.2 Å². The largest absolute Gasteiger partial charge is 0.489 e. The second-order valence-corrected chi connectivity index (χ2v) is 5.93. The van der Waals surface area contributed by atoms with Crippen molar-refractivity contribution < 1.29 is 4.74 Å². The molecule has 1 N–H and O–H groups in total. The highest BCUT2D eigenvalue weighted by Gasteiger charge is 2.24. The van der Waals surface area contributed by atoms with E-state index in [0.29, 0.717) is 5.92 Å². The van der Waals surface area contributed by atoms with Crippen LogP contribution in [-0.2, 0) is 0 Å². The number of aryl methyl sites for hydroxylation is 1. The van der Waals surface area contributed by atoms with Crippen LogP contribution in [0.3, 0.4) is 0 Å². The van der Waals surface area contributed by atoms with Crippen molar-refractivity contribution in [2.75, 3.05) is 6.54 Å². The van der Waals surface area contributed by atoms with E-state index in [1.54, 1.807) is 0 Å². The molecule has 0 heterocycles. The van der Waals surface area contributed by atoms with E-state index in [0.717, 1.165) is 28.9 Å². The fraction of sp³-hybridized carbons (Fsp3) is 0.600. The molecule has 0 amide bonds. The molecule has 2 rings (SSSR count). The van der Waals surface area contributed by atoms with Gasteiger partial charge in [0.1, 0.15) is 11.9 Å². The Labute approximate surface area is 115 Å². The summed E-state index contributed by atoms with van der Waals surface area (Å²) in [6, 6.07) is 6.53. The van der Waals surface area contributed by atoms with Crippen molar-refractivity contribution in [1.29, 1.82) is 0 Å². The van der Waals surface area contributed by atoms with E-state index in [4.69, 9.17) is 16.3 Å². The molecule has 1 aromatic carbocycles. The first-order valence-electron chi connectivity index (χ1n) is 6.72. The zero-order valence-electron chi connectivity index (χ0n) is 11.4. The molecule has 100 valence electrons.